The minimum absolute atomic E-state index is 0.119. The zero-order valence-corrected chi connectivity index (χ0v) is 9.84. The zero-order chi connectivity index (χ0) is 9.90. The summed E-state index contributed by atoms with van der Waals surface area (Å²) in [6.45, 7) is 4.29. The molecule has 0 saturated heterocycles. The first-order chi connectivity index (χ1) is 6.10. The molecule has 1 heterocycles. The van der Waals surface area contributed by atoms with Gasteiger partial charge in [0, 0.05) is 7.11 Å². The van der Waals surface area contributed by atoms with Crippen molar-refractivity contribution < 1.29 is 4.74 Å². The maximum Gasteiger partial charge on any atom is 0.138 e. The quantitative estimate of drug-likeness (QED) is 0.610. The number of dihydropyridines is 1. The smallest absolute Gasteiger partial charge is 0.138 e. The predicted octanol–water partition coefficient (Wildman–Crippen LogP) is 2.42. The molecular formula is C10H16BrNO. The largest absolute Gasteiger partial charge is 0.377 e. The second kappa shape index (κ2) is 4.29. The van der Waals surface area contributed by atoms with Crippen LogP contribution in [-0.4, -0.2) is 17.7 Å². The highest BCUT2D eigenvalue weighted by Gasteiger charge is 2.35. The average molecular weight is 246 g/mol. The highest BCUT2D eigenvalue weighted by Crippen LogP contribution is 2.29. The van der Waals surface area contributed by atoms with Crippen molar-refractivity contribution >= 4 is 15.9 Å². The van der Waals surface area contributed by atoms with Gasteiger partial charge in [-0.2, -0.15) is 0 Å². The highest BCUT2D eigenvalue weighted by atomic mass is 79.9. The lowest BCUT2D eigenvalue weighted by Gasteiger charge is -2.36. The third-order valence-electron chi connectivity index (χ3n) is 2.12. The number of hydrogen-bond acceptors (Lipinski definition) is 2. The lowest BCUT2D eigenvalue weighted by atomic mass is 9.98. The van der Waals surface area contributed by atoms with Crippen molar-refractivity contribution in [1.29, 1.82) is 0 Å². The molecule has 3 heteroatoms. The van der Waals surface area contributed by atoms with Crippen molar-refractivity contribution in [2.24, 2.45) is 5.92 Å². The Morgan fingerprint density at radius 2 is 2.08 bits per heavy atom. The van der Waals surface area contributed by atoms with Crippen LogP contribution < -0.4 is 5.32 Å². The number of alkyl halides is 1. The molecule has 0 aromatic rings. The van der Waals surface area contributed by atoms with E-state index in [1.807, 2.05) is 18.4 Å². The monoisotopic (exact) mass is 245 g/mol. The molecule has 1 N–H and O–H groups in total. The summed E-state index contributed by atoms with van der Waals surface area (Å²) in [5, 5.41) is 3.25. The highest BCUT2D eigenvalue weighted by molar-refractivity contribution is 9.10. The molecule has 1 aliphatic heterocycles. The van der Waals surface area contributed by atoms with Gasteiger partial charge in [-0.05, 0) is 24.3 Å². The van der Waals surface area contributed by atoms with Gasteiger partial charge in [-0.3, -0.25) is 0 Å². The van der Waals surface area contributed by atoms with E-state index >= 15 is 0 Å². The first-order valence-corrected chi connectivity index (χ1v) is 5.23. The van der Waals surface area contributed by atoms with Crippen LogP contribution in [0.1, 0.15) is 13.8 Å². The third kappa shape index (κ3) is 2.35. The standard InChI is InChI=1S/C10H16BrNO/c1-8(2)9(13-3)10(11)6-4-5-7-12-10/h4-9,12H,1-3H3. The van der Waals surface area contributed by atoms with Crippen LogP contribution in [0, 0.1) is 5.92 Å². The molecule has 0 radical (unpaired) electrons. The molecule has 0 aromatic heterocycles. The second-order valence-corrected chi connectivity index (χ2v) is 4.84. The van der Waals surface area contributed by atoms with Crippen molar-refractivity contribution in [3.8, 4) is 0 Å². The molecule has 0 spiro atoms. The Balaban J connectivity index is 2.77. The van der Waals surface area contributed by atoms with Crippen LogP contribution in [0.4, 0.5) is 0 Å². The van der Waals surface area contributed by atoms with E-state index in [1.54, 1.807) is 7.11 Å². The normalized spacial score (nSPS) is 29.0. The van der Waals surface area contributed by atoms with Gasteiger partial charge in [0.05, 0.1) is 6.10 Å². The minimum atomic E-state index is -0.259. The molecule has 0 saturated carbocycles. The maximum absolute atomic E-state index is 5.46. The number of halogens is 1. The molecule has 0 bridgehead atoms. The fourth-order valence-corrected chi connectivity index (χ4v) is 2.58. The molecule has 0 aliphatic carbocycles. The van der Waals surface area contributed by atoms with Gasteiger partial charge in [-0.15, -0.1) is 0 Å². The Hall–Kier alpha value is -0.280. The summed E-state index contributed by atoms with van der Waals surface area (Å²) in [7, 11) is 1.74. The van der Waals surface area contributed by atoms with E-state index < -0.39 is 0 Å². The van der Waals surface area contributed by atoms with Crippen molar-refractivity contribution in [3.05, 3.63) is 24.4 Å². The van der Waals surface area contributed by atoms with Gasteiger partial charge in [0.15, 0.2) is 0 Å². The summed E-state index contributed by atoms with van der Waals surface area (Å²) in [5.41, 5.74) is 0. The number of rotatable bonds is 3. The zero-order valence-electron chi connectivity index (χ0n) is 8.25. The van der Waals surface area contributed by atoms with E-state index in [1.165, 1.54) is 0 Å². The molecule has 13 heavy (non-hydrogen) atoms. The van der Waals surface area contributed by atoms with Crippen LogP contribution in [0.3, 0.4) is 0 Å². The molecule has 2 atom stereocenters. The van der Waals surface area contributed by atoms with Gasteiger partial charge in [0.1, 0.15) is 4.45 Å². The summed E-state index contributed by atoms with van der Waals surface area (Å²) in [5.74, 6) is 0.452. The topological polar surface area (TPSA) is 21.3 Å². The molecule has 0 fully saturated rings. The molecule has 1 aliphatic rings. The van der Waals surface area contributed by atoms with Crippen LogP contribution >= 0.6 is 15.9 Å². The maximum atomic E-state index is 5.46. The molecule has 1 rings (SSSR count). The molecule has 74 valence electrons. The number of methoxy groups -OCH3 is 1. The Bertz CT molecular complexity index is 225. The van der Waals surface area contributed by atoms with Crippen molar-refractivity contribution in [2.45, 2.75) is 24.4 Å². The van der Waals surface area contributed by atoms with Crippen LogP contribution in [0.25, 0.3) is 0 Å². The molecule has 2 nitrogen and oxygen atoms in total. The fraction of sp³-hybridized carbons (Fsp3) is 0.600. The number of hydrogen-bond donors (Lipinski definition) is 1. The van der Waals surface area contributed by atoms with Crippen molar-refractivity contribution in [2.75, 3.05) is 7.11 Å². The molecule has 0 amide bonds. The van der Waals surface area contributed by atoms with Crippen LogP contribution in [0.2, 0.25) is 0 Å². The van der Waals surface area contributed by atoms with E-state index in [9.17, 15) is 0 Å². The van der Waals surface area contributed by atoms with Crippen molar-refractivity contribution in [3.63, 3.8) is 0 Å². The fourth-order valence-electron chi connectivity index (χ4n) is 1.58. The number of nitrogens with one attached hydrogen (secondary N) is 1. The van der Waals surface area contributed by atoms with Crippen LogP contribution in [0.15, 0.2) is 24.4 Å². The first kappa shape index (κ1) is 10.8. The van der Waals surface area contributed by atoms with E-state index in [0.29, 0.717) is 5.92 Å². The van der Waals surface area contributed by atoms with E-state index in [2.05, 4.69) is 41.2 Å². The number of ether oxygens (including phenoxy) is 1. The second-order valence-electron chi connectivity index (χ2n) is 3.53. The van der Waals surface area contributed by atoms with E-state index in [4.69, 9.17) is 4.74 Å². The summed E-state index contributed by atoms with van der Waals surface area (Å²) in [6, 6.07) is 0. The predicted molar refractivity (Wildman–Crippen MR) is 58.7 cm³/mol. The average Bonchev–Trinajstić information content (AvgIpc) is 2.05. The van der Waals surface area contributed by atoms with Gasteiger partial charge in [-0.1, -0.05) is 35.9 Å². The summed E-state index contributed by atoms with van der Waals surface area (Å²) in [6.07, 6.45) is 8.09. The summed E-state index contributed by atoms with van der Waals surface area (Å²) >= 11 is 3.65. The van der Waals surface area contributed by atoms with E-state index in [0.717, 1.165) is 0 Å². The van der Waals surface area contributed by atoms with Gasteiger partial charge in [-0.25, -0.2) is 0 Å². The Morgan fingerprint density at radius 3 is 2.46 bits per heavy atom. The Morgan fingerprint density at radius 1 is 1.38 bits per heavy atom. The molecular weight excluding hydrogens is 230 g/mol. The lowest BCUT2D eigenvalue weighted by molar-refractivity contribution is 0.0410. The van der Waals surface area contributed by atoms with Gasteiger partial charge < -0.3 is 10.1 Å². The van der Waals surface area contributed by atoms with Gasteiger partial charge in [0.25, 0.3) is 0 Å². The van der Waals surface area contributed by atoms with Crippen LogP contribution in [-0.2, 0) is 4.74 Å². The molecule has 0 aromatic carbocycles. The van der Waals surface area contributed by atoms with Crippen molar-refractivity contribution in [1.82, 2.24) is 5.32 Å². The van der Waals surface area contributed by atoms with E-state index in [-0.39, 0.29) is 10.6 Å². The summed E-state index contributed by atoms with van der Waals surface area (Å²) in [4.78, 5) is 0. The molecule has 2 unspecified atom stereocenters. The SMILES string of the molecule is COC(C(C)C)C1(Br)C=CC=CN1. The Labute approximate surface area is 88.2 Å². The summed E-state index contributed by atoms with van der Waals surface area (Å²) < 4.78 is 5.20. The first-order valence-electron chi connectivity index (χ1n) is 4.44. The number of allylic oxidation sites excluding steroid dienone is 2. The van der Waals surface area contributed by atoms with Gasteiger partial charge >= 0.3 is 0 Å². The minimum Gasteiger partial charge on any atom is -0.377 e. The Kier molecular flexibility index (Phi) is 3.56. The lowest BCUT2D eigenvalue weighted by Crippen LogP contribution is -2.49. The van der Waals surface area contributed by atoms with Crippen LogP contribution in [0.5, 0.6) is 0 Å². The third-order valence-corrected chi connectivity index (χ3v) is 3.07. The van der Waals surface area contributed by atoms with Gasteiger partial charge in [0.2, 0.25) is 0 Å².